The van der Waals surface area contributed by atoms with Gasteiger partial charge in [0.1, 0.15) is 0 Å². The Hall–Kier alpha value is -0.350. The van der Waals surface area contributed by atoms with Gasteiger partial charge in [-0.2, -0.15) is 13.2 Å². The summed E-state index contributed by atoms with van der Waals surface area (Å²) in [6.07, 6.45) is -8.24. The predicted molar refractivity (Wildman–Crippen MR) is 35.1 cm³/mol. The largest absolute Gasteiger partial charge is 0.391 e. The van der Waals surface area contributed by atoms with E-state index in [9.17, 15) is 22.0 Å². The third kappa shape index (κ3) is 4.51. The highest BCUT2D eigenvalue weighted by Crippen LogP contribution is 2.32. The van der Waals surface area contributed by atoms with Crippen molar-refractivity contribution in [1.82, 2.24) is 0 Å². The average molecular weight is 190 g/mol. The summed E-state index contributed by atoms with van der Waals surface area (Å²) < 4.78 is 58.9. The zero-order chi connectivity index (χ0) is 9.78. The van der Waals surface area contributed by atoms with Gasteiger partial charge in [0, 0.05) is 6.42 Å². The second-order valence-electron chi connectivity index (χ2n) is 2.62. The van der Waals surface area contributed by atoms with Crippen molar-refractivity contribution in [2.45, 2.75) is 38.8 Å². The van der Waals surface area contributed by atoms with Crippen molar-refractivity contribution in [3.8, 4) is 0 Å². The van der Waals surface area contributed by atoms with Crippen molar-refractivity contribution in [1.29, 1.82) is 0 Å². The van der Waals surface area contributed by atoms with E-state index in [1.807, 2.05) is 0 Å². The number of halogens is 5. The number of alkyl halides is 5. The summed E-state index contributed by atoms with van der Waals surface area (Å²) in [5, 5.41) is 0. The molecular formula is C7H11F5. The molecule has 0 saturated heterocycles. The first kappa shape index (κ1) is 11.6. The molecule has 0 aromatic rings. The van der Waals surface area contributed by atoms with E-state index in [4.69, 9.17) is 0 Å². The molecule has 0 heterocycles. The van der Waals surface area contributed by atoms with E-state index in [1.165, 1.54) is 6.92 Å². The fourth-order valence-electron chi connectivity index (χ4n) is 0.926. The molecular weight excluding hydrogens is 179 g/mol. The maximum absolute atomic E-state index is 11.9. The predicted octanol–water partition coefficient (Wildman–Crippen LogP) is 3.62. The molecule has 0 nitrogen and oxygen atoms in total. The Kier molecular flexibility index (Phi) is 4.49. The van der Waals surface area contributed by atoms with Crippen molar-refractivity contribution in [2.75, 3.05) is 0 Å². The van der Waals surface area contributed by atoms with Crippen LogP contribution in [0.5, 0.6) is 0 Å². The minimum Gasteiger partial charge on any atom is -0.211 e. The third-order valence-electron chi connectivity index (χ3n) is 1.69. The zero-order valence-corrected chi connectivity index (χ0v) is 6.67. The molecule has 0 bridgehead atoms. The molecule has 0 rings (SSSR count). The Bertz CT molecular complexity index is 117. The van der Waals surface area contributed by atoms with Crippen LogP contribution in [0.25, 0.3) is 0 Å². The van der Waals surface area contributed by atoms with Gasteiger partial charge in [-0.1, -0.05) is 6.92 Å². The van der Waals surface area contributed by atoms with Gasteiger partial charge in [0.2, 0.25) is 6.43 Å². The molecule has 0 N–H and O–H groups in total. The summed E-state index contributed by atoms with van der Waals surface area (Å²) >= 11 is 0. The highest BCUT2D eigenvalue weighted by Gasteiger charge is 2.37. The molecule has 12 heavy (non-hydrogen) atoms. The Morgan fingerprint density at radius 2 is 1.58 bits per heavy atom. The molecule has 0 saturated carbocycles. The second-order valence-corrected chi connectivity index (χ2v) is 2.62. The van der Waals surface area contributed by atoms with Crippen LogP contribution in [0.2, 0.25) is 0 Å². The van der Waals surface area contributed by atoms with Gasteiger partial charge in [0.05, 0.1) is 5.92 Å². The molecule has 0 spiro atoms. The summed E-state index contributed by atoms with van der Waals surface area (Å²) in [6.45, 7) is 1.35. The Morgan fingerprint density at radius 1 is 1.08 bits per heavy atom. The molecule has 0 aliphatic carbocycles. The number of rotatable bonds is 4. The van der Waals surface area contributed by atoms with E-state index in [1.54, 1.807) is 0 Å². The van der Waals surface area contributed by atoms with Gasteiger partial charge in [0.25, 0.3) is 0 Å². The molecule has 0 aliphatic heterocycles. The van der Waals surface area contributed by atoms with Crippen LogP contribution >= 0.6 is 0 Å². The Morgan fingerprint density at radius 3 is 1.83 bits per heavy atom. The SMILES string of the molecule is CCC(CCC(F)F)C(F)(F)F. The van der Waals surface area contributed by atoms with Crippen molar-refractivity contribution in [3.63, 3.8) is 0 Å². The van der Waals surface area contributed by atoms with Gasteiger partial charge in [-0.05, 0) is 12.8 Å². The summed E-state index contributed by atoms with van der Waals surface area (Å²) in [6, 6.07) is 0. The highest BCUT2D eigenvalue weighted by atomic mass is 19.4. The van der Waals surface area contributed by atoms with E-state index < -0.39 is 31.4 Å². The summed E-state index contributed by atoms with van der Waals surface area (Å²) in [4.78, 5) is 0. The van der Waals surface area contributed by atoms with E-state index >= 15 is 0 Å². The minimum atomic E-state index is -4.33. The van der Waals surface area contributed by atoms with Crippen LogP contribution < -0.4 is 0 Å². The van der Waals surface area contributed by atoms with E-state index in [-0.39, 0.29) is 6.42 Å². The normalized spacial score (nSPS) is 15.2. The van der Waals surface area contributed by atoms with Crippen molar-refractivity contribution in [2.24, 2.45) is 5.92 Å². The second kappa shape index (κ2) is 4.62. The van der Waals surface area contributed by atoms with Crippen LogP contribution in [0.1, 0.15) is 26.2 Å². The van der Waals surface area contributed by atoms with Crippen LogP contribution in [-0.4, -0.2) is 12.6 Å². The number of hydrogen-bond donors (Lipinski definition) is 0. The smallest absolute Gasteiger partial charge is 0.211 e. The zero-order valence-electron chi connectivity index (χ0n) is 6.67. The third-order valence-corrected chi connectivity index (χ3v) is 1.69. The number of hydrogen-bond acceptors (Lipinski definition) is 0. The molecule has 0 radical (unpaired) electrons. The average Bonchev–Trinajstić information content (AvgIpc) is 1.85. The molecule has 0 aromatic carbocycles. The lowest BCUT2D eigenvalue weighted by molar-refractivity contribution is -0.178. The van der Waals surface area contributed by atoms with Gasteiger partial charge < -0.3 is 0 Å². The van der Waals surface area contributed by atoms with Gasteiger partial charge in [-0.3, -0.25) is 0 Å². The molecule has 5 heteroatoms. The van der Waals surface area contributed by atoms with Crippen molar-refractivity contribution >= 4 is 0 Å². The lowest BCUT2D eigenvalue weighted by atomic mass is 10.0. The van der Waals surface area contributed by atoms with Crippen molar-refractivity contribution in [3.05, 3.63) is 0 Å². The van der Waals surface area contributed by atoms with Crippen LogP contribution in [0.4, 0.5) is 22.0 Å². The van der Waals surface area contributed by atoms with Gasteiger partial charge in [0.15, 0.2) is 0 Å². The van der Waals surface area contributed by atoms with Gasteiger partial charge >= 0.3 is 6.18 Å². The lowest BCUT2D eigenvalue weighted by Gasteiger charge is -2.17. The van der Waals surface area contributed by atoms with Gasteiger partial charge in [-0.15, -0.1) is 0 Å². The summed E-state index contributed by atoms with van der Waals surface area (Å²) in [5.74, 6) is -1.58. The quantitative estimate of drug-likeness (QED) is 0.594. The fourth-order valence-corrected chi connectivity index (χ4v) is 0.926. The lowest BCUT2D eigenvalue weighted by Crippen LogP contribution is -2.22. The molecule has 0 aromatic heterocycles. The first-order valence-electron chi connectivity index (χ1n) is 3.72. The maximum Gasteiger partial charge on any atom is 0.391 e. The van der Waals surface area contributed by atoms with Gasteiger partial charge in [-0.25, -0.2) is 8.78 Å². The van der Waals surface area contributed by atoms with E-state index in [2.05, 4.69) is 0 Å². The molecule has 0 amide bonds. The molecule has 1 atom stereocenters. The van der Waals surface area contributed by atoms with Crippen molar-refractivity contribution < 1.29 is 22.0 Å². The van der Waals surface area contributed by atoms with Crippen LogP contribution in [0.3, 0.4) is 0 Å². The van der Waals surface area contributed by atoms with Crippen LogP contribution in [0, 0.1) is 5.92 Å². The standard InChI is InChI=1S/C7H11F5/c1-2-5(7(10,11)12)3-4-6(8)9/h5-6H,2-4H2,1H3. The first-order valence-corrected chi connectivity index (χ1v) is 3.72. The van der Waals surface area contributed by atoms with Crippen LogP contribution in [-0.2, 0) is 0 Å². The maximum atomic E-state index is 11.9. The monoisotopic (exact) mass is 190 g/mol. The Labute approximate surface area is 67.8 Å². The van der Waals surface area contributed by atoms with E-state index in [0.29, 0.717) is 0 Å². The summed E-state index contributed by atoms with van der Waals surface area (Å²) in [7, 11) is 0. The molecule has 0 aliphatic rings. The topological polar surface area (TPSA) is 0 Å². The molecule has 0 fully saturated rings. The molecule has 1 unspecified atom stereocenters. The molecule has 74 valence electrons. The van der Waals surface area contributed by atoms with Crippen LogP contribution in [0.15, 0.2) is 0 Å². The Balaban J connectivity index is 3.84. The highest BCUT2D eigenvalue weighted by molar-refractivity contribution is 4.66. The summed E-state index contributed by atoms with van der Waals surface area (Å²) in [5.41, 5.74) is 0. The minimum absolute atomic E-state index is 0.129. The van der Waals surface area contributed by atoms with E-state index in [0.717, 1.165) is 0 Å². The fraction of sp³-hybridized carbons (Fsp3) is 1.00. The first-order chi connectivity index (χ1) is 5.38.